The lowest BCUT2D eigenvalue weighted by atomic mass is 10.1. The molecule has 1 aliphatic rings. The Morgan fingerprint density at radius 2 is 1.52 bits per heavy atom. The predicted molar refractivity (Wildman–Crippen MR) is 118 cm³/mol. The third-order valence-electron chi connectivity index (χ3n) is 4.78. The third-order valence-corrected chi connectivity index (χ3v) is 4.78. The van der Waals surface area contributed by atoms with E-state index in [0.717, 1.165) is 44.8 Å². The summed E-state index contributed by atoms with van der Waals surface area (Å²) in [5.41, 5.74) is 2.37. The molecule has 0 aliphatic carbocycles. The van der Waals surface area contributed by atoms with Gasteiger partial charge in [-0.3, -0.25) is 4.90 Å². The number of rotatable bonds is 7. The summed E-state index contributed by atoms with van der Waals surface area (Å²) in [5, 5.41) is 14.8. The van der Waals surface area contributed by atoms with Crippen molar-refractivity contribution in [1.29, 1.82) is 0 Å². The highest BCUT2D eigenvalue weighted by atomic mass is 16.5. The maximum Gasteiger partial charge on any atom is 0.414 e. The quantitative estimate of drug-likeness (QED) is 0.511. The number of aliphatic carboxylic acids is 2. The van der Waals surface area contributed by atoms with E-state index < -0.39 is 11.9 Å². The van der Waals surface area contributed by atoms with Crippen LogP contribution in [0.2, 0.25) is 0 Å². The zero-order valence-electron chi connectivity index (χ0n) is 18.1. The molecule has 2 N–H and O–H groups in total. The fourth-order valence-corrected chi connectivity index (χ4v) is 3.54. The van der Waals surface area contributed by atoms with Crippen molar-refractivity contribution in [2.45, 2.75) is 38.9 Å². The average molecular weight is 430 g/mol. The van der Waals surface area contributed by atoms with Crippen molar-refractivity contribution in [3.05, 3.63) is 54.6 Å². The number of carboxylic acid groups (broad SMARTS) is 2. The first-order valence-electron chi connectivity index (χ1n) is 10.5. The summed E-state index contributed by atoms with van der Waals surface area (Å²) in [5.74, 6) is -2.67. The van der Waals surface area contributed by atoms with E-state index in [1.807, 2.05) is 12.1 Å². The van der Waals surface area contributed by atoms with E-state index in [4.69, 9.17) is 29.3 Å². The topological polar surface area (TPSA) is 96.3 Å². The Hall–Kier alpha value is -2.90. The zero-order chi connectivity index (χ0) is 22.6. The van der Waals surface area contributed by atoms with Crippen molar-refractivity contribution in [3.8, 4) is 16.9 Å². The van der Waals surface area contributed by atoms with Crippen molar-refractivity contribution in [2.75, 3.05) is 26.2 Å². The molecule has 2 unspecified atom stereocenters. The first kappa shape index (κ1) is 24.4. The first-order chi connectivity index (χ1) is 14.9. The van der Waals surface area contributed by atoms with E-state index in [1.54, 1.807) is 0 Å². The highest BCUT2D eigenvalue weighted by Gasteiger charge is 2.21. The Morgan fingerprint density at radius 3 is 2.13 bits per heavy atom. The van der Waals surface area contributed by atoms with Crippen molar-refractivity contribution < 1.29 is 29.3 Å². The number of carbonyl (C=O) groups is 2. The largest absolute Gasteiger partial charge is 0.493 e. The second kappa shape index (κ2) is 12.7. The minimum Gasteiger partial charge on any atom is -0.493 e. The Kier molecular flexibility index (Phi) is 10.00. The highest BCUT2D eigenvalue weighted by molar-refractivity contribution is 6.27. The van der Waals surface area contributed by atoms with Gasteiger partial charge in [-0.2, -0.15) is 0 Å². The van der Waals surface area contributed by atoms with Crippen LogP contribution in [0.4, 0.5) is 0 Å². The smallest absolute Gasteiger partial charge is 0.414 e. The van der Waals surface area contributed by atoms with Crippen LogP contribution in [0.3, 0.4) is 0 Å². The van der Waals surface area contributed by atoms with Gasteiger partial charge in [-0.1, -0.05) is 48.5 Å². The lowest BCUT2D eigenvalue weighted by molar-refractivity contribution is -0.159. The van der Waals surface area contributed by atoms with Crippen LogP contribution in [0.25, 0.3) is 11.1 Å². The van der Waals surface area contributed by atoms with E-state index in [0.29, 0.717) is 12.2 Å². The SMILES string of the molecule is CC1CN(CCCCOc2ccccc2-c2ccccc2)CC(C)O1.O=C(O)C(=O)O. The van der Waals surface area contributed by atoms with Gasteiger partial charge in [0, 0.05) is 18.7 Å². The molecular weight excluding hydrogens is 398 g/mol. The molecule has 2 aromatic carbocycles. The Bertz CT molecular complexity index is 804. The second-order valence-electron chi connectivity index (χ2n) is 7.54. The van der Waals surface area contributed by atoms with Crippen molar-refractivity contribution in [3.63, 3.8) is 0 Å². The number of hydrogen-bond acceptors (Lipinski definition) is 5. The third kappa shape index (κ3) is 8.78. The molecule has 1 fully saturated rings. The van der Waals surface area contributed by atoms with Gasteiger partial charge in [0.2, 0.25) is 0 Å². The fraction of sp³-hybridized carbons (Fsp3) is 0.417. The molecule has 0 aromatic heterocycles. The van der Waals surface area contributed by atoms with Crippen LogP contribution in [-0.2, 0) is 14.3 Å². The molecule has 7 heteroatoms. The zero-order valence-corrected chi connectivity index (χ0v) is 18.1. The maximum atomic E-state index is 9.10. The van der Waals surface area contributed by atoms with E-state index >= 15 is 0 Å². The number of para-hydroxylation sites is 1. The van der Waals surface area contributed by atoms with Crippen LogP contribution in [-0.4, -0.2) is 65.5 Å². The van der Waals surface area contributed by atoms with E-state index in [1.165, 1.54) is 11.1 Å². The standard InChI is InChI=1S/C22H29NO2.C2H2O4/c1-18-16-23(17-19(2)25-18)14-8-9-15-24-22-13-7-6-12-21(22)20-10-4-3-5-11-20;3-1(4)2(5)6/h3-7,10-13,18-19H,8-9,14-17H2,1-2H3;(H,3,4)(H,5,6). The molecule has 0 radical (unpaired) electrons. The van der Waals surface area contributed by atoms with Gasteiger partial charge in [0.25, 0.3) is 0 Å². The molecule has 1 saturated heterocycles. The Balaban J connectivity index is 0.000000501. The number of benzene rings is 2. The van der Waals surface area contributed by atoms with Gasteiger partial charge < -0.3 is 19.7 Å². The van der Waals surface area contributed by atoms with Gasteiger partial charge in [-0.15, -0.1) is 0 Å². The van der Waals surface area contributed by atoms with E-state index in [9.17, 15) is 0 Å². The molecule has 168 valence electrons. The first-order valence-corrected chi connectivity index (χ1v) is 10.5. The molecule has 31 heavy (non-hydrogen) atoms. The number of morpholine rings is 1. The normalized spacial score (nSPS) is 18.5. The molecule has 2 aromatic rings. The van der Waals surface area contributed by atoms with Crippen LogP contribution in [0.1, 0.15) is 26.7 Å². The lowest BCUT2D eigenvalue weighted by Gasteiger charge is -2.35. The van der Waals surface area contributed by atoms with Crippen LogP contribution in [0, 0.1) is 0 Å². The van der Waals surface area contributed by atoms with E-state index in [-0.39, 0.29) is 0 Å². The number of carboxylic acids is 2. The van der Waals surface area contributed by atoms with Gasteiger partial charge in [-0.05, 0) is 44.9 Å². The number of nitrogens with zero attached hydrogens (tertiary/aromatic N) is 1. The molecule has 0 saturated carbocycles. The van der Waals surface area contributed by atoms with Crippen molar-refractivity contribution in [2.24, 2.45) is 0 Å². The number of unbranched alkanes of at least 4 members (excludes halogenated alkanes) is 1. The van der Waals surface area contributed by atoms with Gasteiger partial charge in [0.15, 0.2) is 0 Å². The molecule has 0 spiro atoms. The molecule has 3 rings (SSSR count). The lowest BCUT2D eigenvalue weighted by Crippen LogP contribution is -2.45. The Morgan fingerprint density at radius 1 is 0.935 bits per heavy atom. The van der Waals surface area contributed by atoms with Crippen LogP contribution < -0.4 is 4.74 Å². The second-order valence-corrected chi connectivity index (χ2v) is 7.54. The molecule has 1 aliphatic heterocycles. The highest BCUT2D eigenvalue weighted by Crippen LogP contribution is 2.29. The Labute approximate surface area is 183 Å². The molecule has 2 atom stereocenters. The van der Waals surface area contributed by atoms with Crippen LogP contribution in [0.15, 0.2) is 54.6 Å². The molecule has 0 amide bonds. The summed E-state index contributed by atoms with van der Waals surface area (Å²) < 4.78 is 11.9. The fourth-order valence-electron chi connectivity index (χ4n) is 3.54. The molecule has 0 bridgehead atoms. The minimum absolute atomic E-state index is 0.345. The van der Waals surface area contributed by atoms with Gasteiger partial charge >= 0.3 is 11.9 Å². The van der Waals surface area contributed by atoms with Gasteiger partial charge in [0.05, 0.1) is 18.8 Å². The number of hydrogen-bond donors (Lipinski definition) is 2. The predicted octanol–water partition coefficient (Wildman–Crippen LogP) is 3.78. The molecule has 1 heterocycles. The average Bonchev–Trinajstić information content (AvgIpc) is 2.74. The maximum absolute atomic E-state index is 9.10. The summed E-state index contributed by atoms with van der Waals surface area (Å²) in [6, 6.07) is 18.7. The molecular formula is C24H31NO6. The van der Waals surface area contributed by atoms with Crippen molar-refractivity contribution in [1.82, 2.24) is 4.90 Å². The monoisotopic (exact) mass is 429 g/mol. The van der Waals surface area contributed by atoms with Crippen molar-refractivity contribution >= 4 is 11.9 Å². The summed E-state index contributed by atoms with van der Waals surface area (Å²) in [7, 11) is 0. The van der Waals surface area contributed by atoms with Crippen LogP contribution in [0.5, 0.6) is 5.75 Å². The van der Waals surface area contributed by atoms with Gasteiger partial charge in [-0.25, -0.2) is 9.59 Å². The van der Waals surface area contributed by atoms with E-state index in [2.05, 4.69) is 61.2 Å². The molecule has 7 nitrogen and oxygen atoms in total. The number of ether oxygens (including phenoxy) is 2. The summed E-state index contributed by atoms with van der Waals surface area (Å²) >= 11 is 0. The van der Waals surface area contributed by atoms with Gasteiger partial charge in [0.1, 0.15) is 5.75 Å². The minimum atomic E-state index is -1.82. The summed E-state index contributed by atoms with van der Waals surface area (Å²) in [6.45, 7) is 8.30. The summed E-state index contributed by atoms with van der Waals surface area (Å²) in [6.07, 6.45) is 2.92. The van der Waals surface area contributed by atoms with Crippen LogP contribution >= 0.6 is 0 Å². The summed E-state index contributed by atoms with van der Waals surface area (Å²) in [4.78, 5) is 20.7.